The van der Waals surface area contributed by atoms with E-state index in [1.54, 1.807) is 22.9 Å². The molecule has 30 heavy (non-hydrogen) atoms. The van der Waals surface area contributed by atoms with E-state index < -0.39 is 10.0 Å². The molecule has 10 nitrogen and oxygen atoms in total. The van der Waals surface area contributed by atoms with Gasteiger partial charge in [0, 0.05) is 30.6 Å². The normalized spacial score (nSPS) is 11.4. The predicted octanol–water partition coefficient (Wildman–Crippen LogP) is 1.37. The molecule has 3 aromatic rings. The Morgan fingerprint density at radius 2 is 1.93 bits per heavy atom. The van der Waals surface area contributed by atoms with Gasteiger partial charge in [-0.3, -0.25) is 4.79 Å². The number of amides is 1. The number of hydrogen-bond acceptors (Lipinski definition) is 8. The number of nitrogens with one attached hydrogen (secondary N) is 3. The third-order valence-corrected chi connectivity index (χ3v) is 7.05. The topological polar surface area (TPSA) is 131 Å². The fourth-order valence-corrected chi connectivity index (χ4v) is 5.02. The molecule has 3 heterocycles. The molecule has 0 saturated heterocycles. The molecule has 0 unspecified atom stereocenters. The Kier molecular flexibility index (Phi) is 6.80. The van der Waals surface area contributed by atoms with Crippen LogP contribution in [0.1, 0.15) is 23.2 Å². The van der Waals surface area contributed by atoms with Gasteiger partial charge in [-0.1, -0.05) is 0 Å². The summed E-state index contributed by atoms with van der Waals surface area (Å²) in [5.74, 6) is 0.982. The van der Waals surface area contributed by atoms with E-state index in [1.165, 1.54) is 13.0 Å². The Bertz CT molecular complexity index is 1120. The Morgan fingerprint density at radius 3 is 2.57 bits per heavy atom. The summed E-state index contributed by atoms with van der Waals surface area (Å²) < 4.78 is 29.2. The van der Waals surface area contributed by atoms with Crippen LogP contribution in [0.4, 0.5) is 5.82 Å². The summed E-state index contributed by atoms with van der Waals surface area (Å²) in [4.78, 5) is 11.7. The van der Waals surface area contributed by atoms with Gasteiger partial charge in [-0.15, -0.1) is 21.5 Å². The van der Waals surface area contributed by atoms with E-state index in [2.05, 4.69) is 30.7 Å². The highest BCUT2D eigenvalue weighted by molar-refractivity contribution is 7.91. The largest absolute Gasteiger partial charge is 0.367 e. The zero-order valence-corrected chi connectivity index (χ0v) is 18.5. The zero-order valence-electron chi connectivity index (χ0n) is 16.8. The number of hydrogen-bond donors (Lipinski definition) is 3. The molecule has 12 heteroatoms. The zero-order chi connectivity index (χ0) is 21.7. The average molecular weight is 450 g/mol. The monoisotopic (exact) mass is 449 g/mol. The molecule has 0 saturated carbocycles. The van der Waals surface area contributed by atoms with Crippen LogP contribution in [0.15, 0.2) is 34.5 Å². The molecule has 1 amide bonds. The number of aromatic nitrogens is 4. The number of rotatable bonds is 9. The number of anilines is 1. The summed E-state index contributed by atoms with van der Waals surface area (Å²) >= 11 is 1.12. The van der Waals surface area contributed by atoms with Gasteiger partial charge in [-0.2, -0.15) is 5.10 Å². The summed E-state index contributed by atoms with van der Waals surface area (Å²) in [5, 5.41) is 18.3. The molecular formula is C18H23N7O3S2. The first-order valence-corrected chi connectivity index (χ1v) is 11.5. The molecule has 3 rings (SSSR count). The van der Waals surface area contributed by atoms with Crippen LogP contribution >= 0.6 is 11.3 Å². The smallest absolute Gasteiger partial charge is 0.250 e. The Balaban J connectivity index is 1.49. The van der Waals surface area contributed by atoms with Crippen LogP contribution in [-0.4, -0.2) is 47.4 Å². The van der Waals surface area contributed by atoms with Gasteiger partial charge in [-0.25, -0.2) is 17.8 Å². The van der Waals surface area contributed by atoms with Crippen molar-refractivity contribution in [2.24, 2.45) is 0 Å². The van der Waals surface area contributed by atoms with Gasteiger partial charge in [0.2, 0.25) is 15.9 Å². The lowest BCUT2D eigenvalue weighted by atomic mass is 10.4. The molecule has 3 aromatic heterocycles. The maximum Gasteiger partial charge on any atom is 0.250 e. The molecule has 0 aliphatic carbocycles. The van der Waals surface area contributed by atoms with Crippen molar-refractivity contribution in [2.45, 2.75) is 31.5 Å². The fraction of sp³-hybridized carbons (Fsp3) is 0.333. The SMILES string of the molecule is CC(=O)NCc1ccc(S(=O)(=O)NCCNc2ccc(-n3nc(C)cc3C)nn2)s1. The Hall–Kier alpha value is -2.83. The minimum absolute atomic E-state index is 0.164. The maximum atomic E-state index is 12.4. The van der Waals surface area contributed by atoms with Crippen molar-refractivity contribution < 1.29 is 13.2 Å². The van der Waals surface area contributed by atoms with Crippen LogP contribution in [0.5, 0.6) is 0 Å². The Labute approximate surface area is 178 Å². The number of carbonyl (C=O) groups is 1. The lowest BCUT2D eigenvalue weighted by Crippen LogP contribution is -2.28. The van der Waals surface area contributed by atoms with E-state index in [1.807, 2.05) is 19.9 Å². The lowest BCUT2D eigenvalue weighted by Gasteiger charge is -2.08. The van der Waals surface area contributed by atoms with Crippen molar-refractivity contribution in [3.05, 3.63) is 46.6 Å². The van der Waals surface area contributed by atoms with Gasteiger partial charge >= 0.3 is 0 Å². The second-order valence-electron chi connectivity index (χ2n) is 6.57. The molecule has 0 bridgehead atoms. The first-order valence-electron chi connectivity index (χ1n) is 9.18. The van der Waals surface area contributed by atoms with E-state index >= 15 is 0 Å². The van der Waals surface area contributed by atoms with Crippen molar-refractivity contribution in [3.63, 3.8) is 0 Å². The van der Waals surface area contributed by atoms with Crippen LogP contribution in [0, 0.1) is 13.8 Å². The highest BCUT2D eigenvalue weighted by Gasteiger charge is 2.16. The molecule has 3 N–H and O–H groups in total. The molecule has 0 radical (unpaired) electrons. The van der Waals surface area contributed by atoms with Gasteiger partial charge in [0.15, 0.2) is 5.82 Å². The van der Waals surface area contributed by atoms with E-state index in [9.17, 15) is 13.2 Å². The van der Waals surface area contributed by atoms with E-state index in [4.69, 9.17) is 0 Å². The van der Waals surface area contributed by atoms with Gasteiger partial charge in [0.1, 0.15) is 10.0 Å². The van der Waals surface area contributed by atoms with Crippen molar-refractivity contribution in [3.8, 4) is 5.82 Å². The van der Waals surface area contributed by atoms with Crippen molar-refractivity contribution >= 4 is 33.1 Å². The molecule has 0 fully saturated rings. The maximum absolute atomic E-state index is 12.4. The van der Waals surface area contributed by atoms with Crippen LogP contribution < -0.4 is 15.4 Å². The van der Waals surface area contributed by atoms with Crippen LogP contribution in [0.2, 0.25) is 0 Å². The number of nitrogens with zero attached hydrogens (tertiary/aromatic N) is 4. The summed E-state index contributed by atoms with van der Waals surface area (Å²) in [6.45, 7) is 6.10. The van der Waals surface area contributed by atoms with Gasteiger partial charge in [-0.05, 0) is 44.2 Å². The van der Waals surface area contributed by atoms with Crippen LogP contribution in [0.3, 0.4) is 0 Å². The first kappa shape index (κ1) is 21.9. The number of thiophene rings is 1. The van der Waals surface area contributed by atoms with Crippen molar-refractivity contribution in [1.82, 2.24) is 30.0 Å². The van der Waals surface area contributed by atoms with Gasteiger partial charge in [0.05, 0.1) is 12.2 Å². The second kappa shape index (κ2) is 9.32. The molecule has 0 atom stereocenters. The summed E-state index contributed by atoms with van der Waals surface area (Å²) in [6, 6.07) is 8.73. The van der Waals surface area contributed by atoms with Crippen molar-refractivity contribution in [1.29, 1.82) is 0 Å². The molecule has 0 aliphatic rings. The predicted molar refractivity (Wildman–Crippen MR) is 114 cm³/mol. The lowest BCUT2D eigenvalue weighted by molar-refractivity contribution is -0.119. The average Bonchev–Trinajstić information content (AvgIpc) is 3.31. The second-order valence-corrected chi connectivity index (χ2v) is 9.73. The quantitative estimate of drug-likeness (QED) is 0.421. The number of aryl methyl sites for hydroxylation is 2. The molecular weight excluding hydrogens is 426 g/mol. The molecule has 0 aromatic carbocycles. The summed E-state index contributed by atoms with van der Waals surface area (Å²) in [5.41, 5.74) is 1.86. The molecule has 0 spiro atoms. The third kappa shape index (κ3) is 5.62. The third-order valence-electron chi connectivity index (χ3n) is 4.01. The number of carbonyl (C=O) groups excluding carboxylic acids is 1. The fourth-order valence-electron chi connectivity index (χ4n) is 2.65. The van der Waals surface area contributed by atoms with Crippen LogP contribution in [0.25, 0.3) is 5.82 Å². The standard InChI is InChI=1S/C18H23N7O3S2/c1-12-10-13(2)25(24-12)17-6-5-16(22-23-17)19-8-9-21-30(27,28)18-7-4-15(29-18)11-20-14(3)26/h4-7,10,21H,8-9,11H2,1-3H3,(H,19,22)(H,20,26). The first-order chi connectivity index (χ1) is 14.2. The molecule has 160 valence electrons. The van der Waals surface area contributed by atoms with E-state index in [0.717, 1.165) is 27.6 Å². The highest BCUT2D eigenvalue weighted by atomic mass is 32.2. The Morgan fingerprint density at radius 1 is 1.13 bits per heavy atom. The number of sulfonamides is 1. The van der Waals surface area contributed by atoms with Crippen LogP contribution in [-0.2, 0) is 21.4 Å². The van der Waals surface area contributed by atoms with Gasteiger partial charge in [0.25, 0.3) is 0 Å². The summed E-state index contributed by atoms with van der Waals surface area (Å²) in [7, 11) is -3.61. The van der Waals surface area contributed by atoms with E-state index in [-0.39, 0.29) is 16.7 Å². The highest BCUT2D eigenvalue weighted by Crippen LogP contribution is 2.21. The minimum Gasteiger partial charge on any atom is -0.367 e. The molecule has 0 aliphatic heterocycles. The van der Waals surface area contributed by atoms with E-state index in [0.29, 0.717) is 24.7 Å². The van der Waals surface area contributed by atoms with Gasteiger partial charge < -0.3 is 10.6 Å². The summed E-state index contributed by atoms with van der Waals surface area (Å²) in [6.07, 6.45) is 0. The van der Waals surface area contributed by atoms with Crippen molar-refractivity contribution in [2.75, 3.05) is 18.4 Å². The minimum atomic E-state index is -3.61.